The maximum atomic E-state index is 6.41. The summed E-state index contributed by atoms with van der Waals surface area (Å²) >= 11 is 2.06. The molecule has 0 aliphatic carbocycles. The molecule has 1 fully saturated rings. The Hall–Kier alpha value is -0.510. The molecule has 1 aromatic carbocycles. The van der Waals surface area contributed by atoms with Gasteiger partial charge in [-0.05, 0) is 38.1 Å². The van der Waals surface area contributed by atoms with Crippen molar-refractivity contribution in [3.05, 3.63) is 35.4 Å². The van der Waals surface area contributed by atoms with Crippen molar-refractivity contribution < 1.29 is 0 Å². The molecule has 3 heteroatoms. The minimum atomic E-state index is 0.207. The van der Waals surface area contributed by atoms with Crippen LogP contribution in [0, 0.1) is 6.92 Å². The number of likely N-dealkylation sites (N-methyl/N-ethyl adjacent to an activating group) is 1. The molecule has 1 aromatic rings. The Kier molecular flexibility index (Phi) is 5.31. The number of nitrogens with zero attached hydrogens (tertiary/aromatic N) is 1. The molecule has 2 N–H and O–H groups in total. The van der Waals surface area contributed by atoms with Crippen LogP contribution < -0.4 is 5.73 Å². The number of rotatable bonds is 5. The average Bonchev–Trinajstić information content (AvgIpc) is 2.95. The van der Waals surface area contributed by atoms with Crippen LogP contribution in [-0.2, 0) is 0 Å². The number of benzene rings is 1. The SMILES string of the molecule is CCC(N)C(c1ccc(C)cc1)N(C)C1CCSC1. The minimum absolute atomic E-state index is 0.207. The molecule has 1 aliphatic heterocycles. The van der Waals surface area contributed by atoms with Crippen molar-refractivity contribution in [1.29, 1.82) is 0 Å². The summed E-state index contributed by atoms with van der Waals surface area (Å²) < 4.78 is 0. The van der Waals surface area contributed by atoms with Gasteiger partial charge in [-0.15, -0.1) is 0 Å². The van der Waals surface area contributed by atoms with Crippen molar-refractivity contribution in [1.82, 2.24) is 4.90 Å². The second-order valence-corrected chi connectivity index (χ2v) is 6.76. The molecule has 1 heterocycles. The number of hydrogen-bond donors (Lipinski definition) is 1. The summed E-state index contributed by atoms with van der Waals surface area (Å²) in [5, 5.41) is 0. The van der Waals surface area contributed by atoms with Gasteiger partial charge in [-0.25, -0.2) is 0 Å². The van der Waals surface area contributed by atoms with Crippen molar-refractivity contribution in [2.45, 2.75) is 44.8 Å². The second-order valence-electron chi connectivity index (χ2n) is 5.61. The first kappa shape index (κ1) is 14.9. The van der Waals surface area contributed by atoms with Crippen molar-refractivity contribution in [3.8, 4) is 0 Å². The van der Waals surface area contributed by atoms with Gasteiger partial charge in [-0.1, -0.05) is 36.8 Å². The van der Waals surface area contributed by atoms with E-state index < -0.39 is 0 Å². The van der Waals surface area contributed by atoms with E-state index in [1.807, 2.05) is 0 Å². The van der Waals surface area contributed by atoms with E-state index in [1.165, 1.54) is 29.1 Å². The Morgan fingerprint density at radius 2 is 2.05 bits per heavy atom. The molecule has 0 bridgehead atoms. The van der Waals surface area contributed by atoms with Gasteiger partial charge in [0.2, 0.25) is 0 Å². The van der Waals surface area contributed by atoms with Crippen LogP contribution in [0.25, 0.3) is 0 Å². The van der Waals surface area contributed by atoms with E-state index in [2.05, 4.69) is 61.8 Å². The Balaban J connectivity index is 2.21. The maximum Gasteiger partial charge on any atom is 0.0499 e. The molecule has 19 heavy (non-hydrogen) atoms. The highest BCUT2D eigenvalue weighted by Gasteiger charge is 2.30. The highest BCUT2D eigenvalue weighted by atomic mass is 32.2. The lowest BCUT2D eigenvalue weighted by Crippen LogP contribution is -2.44. The maximum absolute atomic E-state index is 6.41. The van der Waals surface area contributed by atoms with E-state index in [1.54, 1.807) is 0 Å². The first-order chi connectivity index (χ1) is 9.13. The molecule has 0 amide bonds. The normalized spacial score (nSPS) is 22.7. The third-order valence-corrected chi connectivity index (χ3v) is 5.36. The molecule has 1 aliphatic rings. The lowest BCUT2D eigenvalue weighted by atomic mass is 9.94. The van der Waals surface area contributed by atoms with Crippen LogP contribution in [0.4, 0.5) is 0 Å². The molecule has 106 valence electrons. The summed E-state index contributed by atoms with van der Waals surface area (Å²) in [7, 11) is 2.25. The Bertz CT molecular complexity index is 384. The first-order valence-corrected chi connectivity index (χ1v) is 8.40. The number of aryl methyl sites for hydroxylation is 1. The summed E-state index contributed by atoms with van der Waals surface area (Å²) in [4.78, 5) is 2.51. The number of thioether (sulfide) groups is 1. The molecule has 2 rings (SSSR count). The Morgan fingerprint density at radius 3 is 2.58 bits per heavy atom. The Morgan fingerprint density at radius 1 is 1.37 bits per heavy atom. The van der Waals surface area contributed by atoms with Gasteiger partial charge in [0.15, 0.2) is 0 Å². The summed E-state index contributed by atoms with van der Waals surface area (Å²) in [6.07, 6.45) is 2.31. The van der Waals surface area contributed by atoms with Gasteiger partial charge in [-0.2, -0.15) is 11.8 Å². The standard InChI is InChI=1S/C16H26N2S/c1-4-15(17)16(13-7-5-12(2)6-8-13)18(3)14-9-10-19-11-14/h5-8,14-16H,4,9-11,17H2,1-3H3. The molecule has 0 radical (unpaired) electrons. The van der Waals surface area contributed by atoms with Gasteiger partial charge >= 0.3 is 0 Å². The van der Waals surface area contributed by atoms with Crippen molar-refractivity contribution >= 4 is 11.8 Å². The van der Waals surface area contributed by atoms with Gasteiger partial charge in [-0.3, -0.25) is 4.90 Å². The van der Waals surface area contributed by atoms with Crippen LogP contribution in [0.5, 0.6) is 0 Å². The van der Waals surface area contributed by atoms with Gasteiger partial charge < -0.3 is 5.73 Å². The van der Waals surface area contributed by atoms with E-state index in [0.717, 1.165) is 6.42 Å². The molecular weight excluding hydrogens is 252 g/mol. The third-order valence-electron chi connectivity index (χ3n) is 4.22. The van der Waals surface area contributed by atoms with Crippen LogP contribution in [0.1, 0.15) is 36.9 Å². The van der Waals surface area contributed by atoms with Crippen molar-refractivity contribution in [2.24, 2.45) is 5.73 Å². The summed E-state index contributed by atoms with van der Waals surface area (Å²) in [6.45, 7) is 4.32. The fourth-order valence-electron chi connectivity index (χ4n) is 2.84. The molecule has 0 saturated carbocycles. The summed E-state index contributed by atoms with van der Waals surface area (Å²) in [5.74, 6) is 2.53. The monoisotopic (exact) mass is 278 g/mol. The second kappa shape index (κ2) is 6.78. The predicted octanol–water partition coefficient (Wildman–Crippen LogP) is 3.21. The fraction of sp³-hybridized carbons (Fsp3) is 0.625. The molecule has 2 nitrogen and oxygen atoms in total. The first-order valence-electron chi connectivity index (χ1n) is 7.25. The van der Waals surface area contributed by atoms with Crippen LogP contribution >= 0.6 is 11.8 Å². The van der Waals surface area contributed by atoms with Crippen molar-refractivity contribution in [3.63, 3.8) is 0 Å². The van der Waals surface area contributed by atoms with Crippen LogP contribution in [0.2, 0.25) is 0 Å². The quantitative estimate of drug-likeness (QED) is 0.897. The highest BCUT2D eigenvalue weighted by molar-refractivity contribution is 7.99. The number of nitrogens with two attached hydrogens (primary N) is 1. The van der Waals surface area contributed by atoms with Crippen LogP contribution in [0.3, 0.4) is 0 Å². The highest BCUT2D eigenvalue weighted by Crippen LogP contribution is 2.31. The van der Waals surface area contributed by atoms with Crippen LogP contribution in [-0.4, -0.2) is 35.5 Å². The topological polar surface area (TPSA) is 29.3 Å². The summed E-state index contributed by atoms with van der Waals surface area (Å²) in [6, 6.07) is 10.1. The number of hydrogen-bond acceptors (Lipinski definition) is 3. The van der Waals surface area contributed by atoms with E-state index >= 15 is 0 Å². The smallest absolute Gasteiger partial charge is 0.0499 e. The summed E-state index contributed by atoms with van der Waals surface area (Å²) in [5.41, 5.74) is 9.08. The van der Waals surface area contributed by atoms with E-state index in [-0.39, 0.29) is 6.04 Å². The molecule has 0 aromatic heterocycles. The lowest BCUT2D eigenvalue weighted by Gasteiger charge is -2.36. The zero-order valence-electron chi connectivity index (χ0n) is 12.3. The molecule has 3 atom stereocenters. The largest absolute Gasteiger partial charge is 0.326 e. The molecular formula is C16H26N2S. The van der Waals surface area contributed by atoms with Gasteiger partial charge in [0.1, 0.15) is 0 Å². The van der Waals surface area contributed by atoms with Gasteiger partial charge in [0.05, 0.1) is 0 Å². The zero-order valence-corrected chi connectivity index (χ0v) is 13.1. The molecule has 0 spiro atoms. The minimum Gasteiger partial charge on any atom is -0.326 e. The van der Waals surface area contributed by atoms with Crippen LogP contribution in [0.15, 0.2) is 24.3 Å². The van der Waals surface area contributed by atoms with E-state index in [4.69, 9.17) is 5.73 Å². The van der Waals surface area contributed by atoms with Gasteiger partial charge in [0.25, 0.3) is 0 Å². The van der Waals surface area contributed by atoms with Gasteiger partial charge in [0, 0.05) is 23.9 Å². The molecule has 1 saturated heterocycles. The van der Waals surface area contributed by atoms with Crippen molar-refractivity contribution in [2.75, 3.05) is 18.6 Å². The van der Waals surface area contributed by atoms with E-state index in [9.17, 15) is 0 Å². The lowest BCUT2D eigenvalue weighted by molar-refractivity contribution is 0.161. The average molecular weight is 278 g/mol. The molecule has 3 unspecified atom stereocenters. The third kappa shape index (κ3) is 3.53. The Labute approximate surface area is 121 Å². The van der Waals surface area contributed by atoms with E-state index in [0.29, 0.717) is 12.1 Å². The predicted molar refractivity (Wildman–Crippen MR) is 85.7 cm³/mol. The zero-order chi connectivity index (χ0) is 13.8. The fourth-order valence-corrected chi connectivity index (χ4v) is 4.12.